The second-order valence-corrected chi connectivity index (χ2v) is 8.62. The Balaban J connectivity index is 1.56. The van der Waals surface area contributed by atoms with Crippen LogP contribution >= 0.6 is 11.6 Å². The van der Waals surface area contributed by atoms with Crippen LogP contribution in [0, 0.1) is 0 Å². The highest BCUT2D eigenvalue weighted by molar-refractivity contribution is 6.30. The molecule has 4 rings (SSSR count). The van der Waals surface area contributed by atoms with Gasteiger partial charge in [0.25, 0.3) is 5.91 Å². The van der Waals surface area contributed by atoms with Gasteiger partial charge in [-0.25, -0.2) is 4.68 Å². The van der Waals surface area contributed by atoms with Gasteiger partial charge in [0.05, 0.1) is 17.6 Å². The Morgan fingerprint density at radius 3 is 2.37 bits per heavy atom. The minimum absolute atomic E-state index is 0.443. The molecule has 0 aliphatic heterocycles. The van der Waals surface area contributed by atoms with Crippen molar-refractivity contribution in [1.82, 2.24) is 14.5 Å². The van der Waals surface area contributed by atoms with Crippen LogP contribution in [-0.2, 0) is 17.4 Å². The molecule has 2 heterocycles. The Morgan fingerprint density at radius 2 is 1.80 bits per heavy atom. The smallest absolute Gasteiger partial charge is 0.260 e. The van der Waals surface area contributed by atoms with E-state index in [1.807, 2.05) is 37.6 Å². The van der Waals surface area contributed by atoms with Gasteiger partial charge in [0.1, 0.15) is 0 Å². The van der Waals surface area contributed by atoms with E-state index in [-0.39, 0.29) is 0 Å². The number of carbonyl (C=O) groups excluding carboxylic acids is 1. The van der Waals surface area contributed by atoms with E-state index in [2.05, 4.69) is 27.2 Å². The maximum Gasteiger partial charge on any atom is 0.260 e. The minimum Gasteiger partial charge on any atom is -0.376 e. The fourth-order valence-electron chi connectivity index (χ4n) is 3.74. The van der Waals surface area contributed by atoms with E-state index in [0.29, 0.717) is 22.0 Å². The molecule has 9 heteroatoms. The standard InChI is InChI=1S/C26H25ClN6O2/c1-26(35,20-7-9-21(27)10-8-20)25(34)31-22-11-5-17(6-12-22)24(28-2)23-13-18(16-33(23)29-3)19-14-30-32(4)15-19/h5-16,35H,3H2,1-2,4H3,(H,31,34)/b28-24-. The average molecular weight is 489 g/mol. The number of aryl methyl sites for hydroxylation is 1. The molecule has 0 bridgehead atoms. The Morgan fingerprint density at radius 1 is 1.11 bits per heavy atom. The molecule has 1 unspecified atom stereocenters. The molecule has 0 fully saturated rings. The van der Waals surface area contributed by atoms with Gasteiger partial charge in [-0.05, 0) is 42.8 Å². The summed E-state index contributed by atoms with van der Waals surface area (Å²) in [6.45, 7) is 5.11. The summed E-state index contributed by atoms with van der Waals surface area (Å²) in [7, 11) is 3.57. The molecule has 35 heavy (non-hydrogen) atoms. The van der Waals surface area contributed by atoms with Crippen LogP contribution in [0.4, 0.5) is 5.69 Å². The molecule has 8 nitrogen and oxygen atoms in total. The summed E-state index contributed by atoms with van der Waals surface area (Å²) in [5, 5.41) is 22.4. The molecular formula is C26H25ClN6O2. The number of anilines is 1. The summed E-state index contributed by atoms with van der Waals surface area (Å²) in [6, 6.07) is 15.7. The number of benzene rings is 2. The normalized spacial score (nSPS) is 13.3. The van der Waals surface area contributed by atoms with Crippen molar-refractivity contribution in [3.63, 3.8) is 0 Å². The average Bonchev–Trinajstić information content (AvgIpc) is 3.47. The predicted octanol–water partition coefficient (Wildman–Crippen LogP) is 4.32. The van der Waals surface area contributed by atoms with E-state index in [0.717, 1.165) is 22.4 Å². The molecule has 1 atom stereocenters. The Hall–Kier alpha value is -4.01. The summed E-state index contributed by atoms with van der Waals surface area (Å²) in [5.41, 5.74) is 3.46. The van der Waals surface area contributed by atoms with Crippen molar-refractivity contribution in [2.45, 2.75) is 12.5 Å². The van der Waals surface area contributed by atoms with Gasteiger partial charge in [0.15, 0.2) is 5.60 Å². The number of nitrogens with one attached hydrogen (secondary N) is 1. The second kappa shape index (κ2) is 9.69. The lowest BCUT2D eigenvalue weighted by atomic mass is 9.95. The highest BCUT2D eigenvalue weighted by atomic mass is 35.5. The summed E-state index contributed by atoms with van der Waals surface area (Å²) >= 11 is 5.91. The van der Waals surface area contributed by atoms with Crippen LogP contribution in [0.25, 0.3) is 11.1 Å². The minimum atomic E-state index is -1.72. The Labute approximate surface area is 208 Å². The number of aromatic nitrogens is 3. The first-order chi connectivity index (χ1) is 16.7. The summed E-state index contributed by atoms with van der Waals surface area (Å²) in [6.07, 6.45) is 5.58. The van der Waals surface area contributed by atoms with Crippen LogP contribution < -0.4 is 5.32 Å². The molecule has 0 aliphatic rings. The van der Waals surface area contributed by atoms with Gasteiger partial charge in [-0.15, -0.1) is 0 Å². The van der Waals surface area contributed by atoms with Crippen molar-refractivity contribution in [2.24, 2.45) is 17.1 Å². The maximum atomic E-state index is 12.8. The third kappa shape index (κ3) is 4.94. The molecular weight excluding hydrogens is 464 g/mol. The predicted molar refractivity (Wildman–Crippen MR) is 139 cm³/mol. The number of aliphatic hydroxyl groups is 1. The SMILES string of the molecule is C=Nn1cc(-c2cnn(C)c2)cc1/C(=N\C)c1ccc(NC(=O)C(C)(O)c2ccc(Cl)cc2)cc1. The first-order valence-electron chi connectivity index (χ1n) is 10.8. The Bertz CT molecular complexity index is 1400. The van der Waals surface area contributed by atoms with Gasteiger partial charge >= 0.3 is 0 Å². The molecule has 0 spiro atoms. The zero-order chi connectivity index (χ0) is 25.2. The summed E-state index contributed by atoms with van der Waals surface area (Å²) in [4.78, 5) is 17.3. The highest BCUT2D eigenvalue weighted by Gasteiger charge is 2.32. The van der Waals surface area contributed by atoms with Crippen LogP contribution in [-0.4, -0.2) is 44.9 Å². The van der Waals surface area contributed by atoms with Gasteiger partial charge in [-0.2, -0.15) is 10.2 Å². The molecule has 2 aromatic heterocycles. The van der Waals surface area contributed by atoms with E-state index in [1.165, 1.54) is 6.92 Å². The lowest BCUT2D eigenvalue weighted by Crippen LogP contribution is -2.37. The van der Waals surface area contributed by atoms with Crippen LogP contribution in [0.15, 0.2) is 83.3 Å². The fourth-order valence-corrected chi connectivity index (χ4v) is 3.86. The van der Waals surface area contributed by atoms with Crippen molar-refractivity contribution in [2.75, 3.05) is 12.4 Å². The quantitative estimate of drug-likeness (QED) is 0.379. The van der Waals surface area contributed by atoms with E-state index in [9.17, 15) is 9.90 Å². The topological polar surface area (TPSA) is 96.8 Å². The van der Waals surface area contributed by atoms with Crippen LogP contribution in [0.1, 0.15) is 23.7 Å². The van der Waals surface area contributed by atoms with Crippen molar-refractivity contribution in [3.05, 3.63) is 95.0 Å². The number of rotatable bonds is 7. The molecule has 2 aromatic carbocycles. The van der Waals surface area contributed by atoms with E-state index in [1.54, 1.807) is 59.0 Å². The fraction of sp³-hybridized carbons (Fsp3) is 0.154. The lowest BCUT2D eigenvalue weighted by Gasteiger charge is -2.23. The van der Waals surface area contributed by atoms with Gasteiger partial charge in [-0.1, -0.05) is 35.9 Å². The lowest BCUT2D eigenvalue weighted by molar-refractivity contribution is -0.133. The summed E-state index contributed by atoms with van der Waals surface area (Å²) in [5.74, 6) is -0.553. The van der Waals surface area contributed by atoms with E-state index >= 15 is 0 Å². The van der Waals surface area contributed by atoms with Gasteiger partial charge in [-0.3, -0.25) is 14.5 Å². The van der Waals surface area contributed by atoms with Crippen molar-refractivity contribution in [3.8, 4) is 11.1 Å². The number of aliphatic imine (C=N–C) groups is 1. The van der Waals surface area contributed by atoms with Crippen molar-refractivity contribution >= 4 is 35.6 Å². The molecule has 0 saturated carbocycles. The van der Waals surface area contributed by atoms with Crippen LogP contribution in [0.2, 0.25) is 5.02 Å². The zero-order valence-electron chi connectivity index (χ0n) is 19.6. The van der Waals surface area contributed by atoms with Crippen molar-refractivity contribution < 1.29 is 9.90 Å². The van der Waals surface area contributed by atoms with Gasteiger partial charge in [0, 0.05) is 60.6 Å². The number of hydrogen-bond acceptors (Lipinski definition) is 5. The van der Waals surface area contributed by atoms with Gasteiger partial charge in [0.2, 0.25) is 0 Å². The third-order valence-corrected chi connectivity index (χ3v) is 5.97. The number of hydrogen-bond donors (Lipinski definition) is 2. The van der Waals surface area contributed by atoms with E-state index < -0.39 is 11.5 Å². The number of carbonyl (C=O) groups is 1. The third-order valence-electron chi connectivity index (χ3n) is 5.72. The maximum absolute atomic E-state index is 12.8. The number of amides is 1. The molecule has 2 N–H and O–H groups in total. The molecule has 178 valence electrons. The monoisotopic (exact) mass is 488 g/mol. The highest BCUT2D eigenvalue weighted by Crippen LogP contribution is 2.26. The van der Waals surface area contributed by atoms with Crippen molar-refractivity contribution in [1.29, 1.82) is 0 Å². The molecule has 0 radical (unpaired) electrons. The van der Waals surface area contributed by atoms with Crippen LogP contribution in [0.5, 0.6) is 0 Å². The van der Waals surface area contributed by atoms with Gasteiger partial charge < -0.3 is 10.4 Å². The van der Waals surface area contributed by atoms with Crippen LogP contribution in [0.3, 0.4) is 0 Å². The first-order valence-corrected chi connectivity index (χ1v) is 11.2. The number of nitrogens with zero attached hydrogens (tertiary/aromatic N) is 5. The first kappa shape index (κ1) is 24.1. The largest absolute Gasteiger partial charge is 0.376 e. The molecule has 1 amide bonds. The second-order valence-electron chi connectivity index (χ2n) is 8.19. The molecule has 4 aromatic rings. The molecule has 0 aliphatic carbocycles. The Kier molecular flexibility index (Phi) is 6.68. The number of halogens is 1. The summed E-state index contributed by atoms with van der Waals surface area (Å²) < 4.78 is 3.41. The molecule has 0 saturated heterocycles. The van der Waals surface area contributed by atoms with E-state index in [4.69, 9.17) is 11.6 Å². The zero-order valence-corrected chi connectivity index (χ0v) is 20.4.